The molecule has 0 saturated carbocycles. The van der Waals surface area contributed by atoms with Crippen LogP contribution in [0.4, 0.5) is 5.13 Å². The van der Waals surface area contributed by atoms with E-state index in [9.17, 15) is 14.7 Å². The van der Waals surface area contributed by atoms with Crippen LogP contribution in [0.15, 0.2) is 107 Å². The van der Waals surface area contributed by atoms with Gasteiger partial charge in [-0.25, -0.2) is 0 Å². The number of rotatable bonds is 9. The van der Waals surface area contributed by atoms with Crippen molar-refractivity contribution < 1.29 is 28.9 Å². The first-order chi connectivity index (χ1) is 22.5. The molecule has 2 aliphatic rings. The van der Waals surface area contributed by atoms with E-state index in [0.29, 0.717) is 51.7 Å². The fourth-order valence-electron chi connectivity index (χ4n) is 5.54. The highest BCUT2D eigenvalue weighted by Gasteiger charge is 2.48. The number of thioether (sulfide) groups is 1. The minimum Gasteiger partial charge on any atom is -0.507 e. The molecule has 1 atom stereocenters. The number of carbonyl (C=O) groups excluding carboxylic acids is 2. The van der Waals surface area contributed by atoms with E-state index in [-0.39, 0.29) is 23.1 Å². The van der Waals surface area contributed by atoms with Crippen LogP contribution in [-0.2, 0) is 15.3 Å². The normalized spacial score (nSPS) is 17.0. The van der Waals surface area contributed by atoms with E-state index in [1.165, 1.54) is 28.0 Å². The summed E-state index contributed by atoms with van der Waals surface area (Å²) in [5, 5.41) is 22.9. The summed E-state index contributed by atoms with van der Waals surface area (Å²) in [7, 11) is 0. The van der Waals surface area contributed by atoms with Crippen molar-refractivity contribution in [3.05, 3.63) is 120 Å². The minimum atomic E-state index is -0.996. The molecule has 5 aromatic rings. The van der Waals surface area contributed by atoms with Gasteiger partial charge in [-0.1, -0.05) is 90.4 Å². The van der Waals surface area contributed by atoms with E-state index in [4.69, 9.17) is 14.2 Å². The van der Waals surface area contributed by atoms with Crippen LogP contribution in [0.2, 0.25) is 0 Å². The summed E-state index contributed by atoms with van der Waals surface area (Å²) in [5.41, 5.74) is 1.94. The monoisotopic (exact) mass is 649 g/mol. The van der Waals surface area contributed by atoms with Gasteiger partial charge in [0.1, 0.15) is 31.3 Å². The number of hydrogen-bond acceptors (Lipinski definition) is 10. The molecule has 46 heavy (non-hydrogen) atoms. The largest absolute Gasteiger partial charge is 0.507 e. The number of ether oxygens (including phenoxy) is 3. The first kappa shape index (κ1) is 29.6. The second-order valence-electron chi connectivity index (χ2n) is 10.5. The molecule has 0 spiro atoms. The minimum absolute atomic E-state index is 0.0808. The van der Waals surface area contributed by atoms with Gasteiger partial charge in [0.05, 0.1) is 11.6 Å². The van der Waals surface area contributed by atoms with Crippen LogP contribution in [0, 0.1) is 0 Å². The fraction of sp³-hybridized carbons (Fsp3) is 0.143. The number of aliphatic hydroxyl groups is 1. The Hall–Kier alpha value is -5.13. The van der Waals surface area contributed by atoms with Crippen LogP contribution in [0.25, 0.3) is 16.5 Å². The summed E-state index contributed by atoms with van der Waals surface area (Å²) in [6, 6.07) is 25.3. The van der Waals surface area contributed by atoms with Crippen LogP contribution in [0.3, 0.4) is 0 Å². The maximum atomic E-state index is 13.7. The Morgan fingerprint density at radius 2 is 1.80 bits per heavy atom. The Bertz CT molecular complexity index is 2020. The predicted octanol–water partition coefficient (Wildman–Crippen LogP) is 6.95. The molecule has 0 aliphatic carbocycles. The molecule has 4 aromatic carbocycles. The molecule has 1 N–H and O–H groups in total. The number of anilines is 1. The maximum absolute atomic E-state index is 13.7. The van der Waals surface area contributed by atoms with Gasteiger partial charge in [0, 0.05) is 11.3 Å². The molecule has 3 heterocycles. The number of aromatic nitrogens is 2. The predicted molar refractivity (Wildman–Crippen MR) is 178 cm³/mol. The first-order valence-corrected chi connectivity index (χ1v) is 16.3. The van der Waals surface area contributed by atoms with Crippen molar-refractivity contribution in [2.75, 3.05) is 24.7 Å². The standard InChI is InChI=1S/C35H27N3O6S2/c1-2-15-42-25-11-6-9-22(18-25)30-29(31(39)23-13-14-27-28(19-23)44-17-16-43-27)32(40)33(41)38(30)34-36-37-35(46-34)45-20-24-10-5-8-21-7-3-4-12-26(21)24/h2-14,18-19,30,39H,1,15-17,20H2/b31-29+. The second kappa shape index (κ2) is 12.7. The Kier molecular flexibility index (Phi) is 8.17. The topological polar surface area (TPSA) is 111 Å². The molecular weight excluding hydrogens is 623 g/mol. The van der Waals surface area contributed by atoms with E-state index in [0.717, 1.165) is 16.3 Å². The van der Waals surface area contributed by atoms with Crippen molar-refractivity contribution in [2.24, 2.45) is 0 Å². The fourth-order valence-corrected chi connectivity index (χ4v) is 7.41. The molecular formula is C35H27N3O6S2. The zero-order valence-corrected chi connectivity index (χ0v) is 26.1. The van der Waals surface area contributed by atoms with E-state index >= 15 is 0 Å². The molecule has 2 aliphatic heterocycles. The lowest BCUT2D eigenvalue weighted by atomic mass is 9.95. The third kappa shape index (κ3) is 5.59. The van der Waals surface area contributed by atoms with Crippen LogP contribution < -0.4 is 19.1 Å². The number of benzene rings is 4. The van der Waals surface area contributed by atoms with Gasteiger partial charge in [-0.3, -0.25) is 14.5 Å². The SMILES string of the molecule is C=CCOc1cccc(C2/C(=C(\O)c3ccc4c(c3)OCCO4)C(=O)C(=O)N2c2nnc(SCc3cccc4ccccc34)s2)c1. The van der Waals surface area contributed by atoms with Crippen molar-refractivity contribution >= 4 is 56.5 Å². The number of aliphatic hydroxyl groups excluding tert-OH is 1. The number of hydrogen-bond donors (Lipinski definition) is 1. The molecule has 0 radical (unpaired) electrons. The van der Waals surface area contributed by atoms with Crippen molar-refractivity contribution in [1.82, 2.24) is 10.2 Å². The van der Waals surface area contributed by atoms with Crippen LogP contribution in [0.5, 0.6) is 17.2 Å². The summed E-state index contributed by atoms with van der Waals surface area (Å²) >= 11 is 2.71. The summed E-state index contributed by atoms with van der Waals surface area (Å²) < 4.78 is 17.7. The number of carbonyl (C=O) groups is 2. The van der Waals surface area contributed by atoms with E-state index in [1.807, 2.05) is 18.2 Å². The Labute approximate surface area is 272 Å². The average Bonchev–Trinajstić information content (AvgIpc) is 3.67. The summed E-state index contributed by atoms with van der Waals surface area (Å²) in [6.45, 7) is 4.75. The summed E-state index contributed by atoms with van der Waals surface area (Å²) in [5.74, 6) is 0.150. The number of fused-ring (bicyclic) bond motifs is 2. The smallest absolute Gasteiger partial charge is 0.301 e. The molecule has 1 fully saturated rings. The van der Waals surface area contributed by atoms with Crippen molar-refractivity contribution in [3.8, 4) is 17.2 Å². The lowest BCUT2D eigenvalue weighted by molar-refractivity contribution is -0.132. The van der Waals surface area contributed by atoms with Gasteiger partial charge in [-0.15, -0.1) is 10.2 Å². The van der Waals surface area contributed by atoms with Crippen molar-refractivity contribution in [1.29, 1.82) is 0 Å². The van der Waals surface area contributed by atoms with Crippen LogP contribution >= 0.6 is 23.1 Å². The highest BCUT2D eigenvalue weighted by atomic mass is 32.2. The maximum Gasteiger partial charge on any atom is 0.301 e. The Balaban J connectivity index is 1.26. The molecule has 1 saturated heterocycles. The van der Waals surface area contributed by atoms with Crippen molar-refractivity contribution in [2.45, 2.75) is 16.1 Å². The van der Waals surface area contributed by atoms with E-state index in [2.05, 4.69) is 41.0 Å². The number of ketones is 1. The lowest BCUT2D eigenvalue weighted by Gasteiger charge is -2.23. The zero-order chi connectivity index (χ0) is 31.6. The Morgan fingerprint density at radius 1 is 1.00 bits per heavy atom. The van der Waals surface area contributed by atoms with Gasteiger partial charge in [-0.05, 0) is 52.2 Å². The molecule has 1 amide bonds. The van der Waals surface area contributed by atoms with Crippen molar-refractivity contribution in [3.63, 3.8) is 0 Å². The second-order valence-corrected chi connectivity index (χ2v) is 12.7. The molecule has 9 nitrogen and oxygen atoms in total. The highest BCUT2D eigenvalue weighted by molar-refractivity contribution is 8.00. The van der Waals surface area contributed by atoms with Gasteiger partial charge < -0.3 is 19.3 Å². The lowest BCUT2D eigenvalue weighted by Crippen LogP contribution is -2.29. The molecule has 1 unspecified atom stereocenters. The molecule has 230 valence electrons. The van der Waals surface area contributed by atoms with Gasteiger partial charge in [0.25, 0.3) is 5.78 Å². The number of Topliss-reactive ketones (excluding diaryl/α,β-unsaturated/α-hetero) is 1. The average molecular weight is 650 g/mol. The quantitative estimate of drug-likeness (QED) is 0.0453. The number of amides is 1. The molecule has 0 bridgehead atoms. The molecule has 11 heteroatoms. The van der Waals surface area contributed by atoms with Gasteiger partial charge >= 0.3 is 5.91 Å². The first-order valence-electron chi connectivity index (χ1n) is 14.5. The van der Waals surface area contributed by atoms with E-state index in [1.54, 1.807) is 48.5 Å². The number of nitrogens with zero attached hydrogens (tertiary/aromatic N) is 3. The van der Waals surface area contributed by atoms with Crippen LogP contribution in [0.1, 0.15) is 22.7 Å². The molecule has 7 rings (SSSR count). The summed E-state index contributed by atoms with van der Waals surface area (Å²) in [4.78, 5) is 28.8. The van der Waals surface area contributed by atoms with Crippen LogP contribution in [-0.4, -0.2) is 46.8 Å². The zero-order valence-electron chi connectivity index (χ0n) is 24.4. The van der Waals surface area contributed by atoms with Gasteiger partial charge in [0.15, 0.2) is 15.8 Å². The molecule has 1 aromatic heterocycles. The van der Waals surface area contributed by atoms with E-state index < -0.39 is 17.7 Å². The highest BCUT2D eigenvalue weighted by Crippen LogP contribution is 2.45. The Morgan fingerprint density at radius 3 is 2.67 bits per heavy atom. The summed E-state index contributed by atoms with van der Waals surface area (Å²) in [6.07, 6.45) is 1.62. The van der Waals surface area contributed by atoms with Gasteiger partial charge in [-0.2, -0.15) is 0 Å². The third-order valence-electron chi connectivity index (χ3n) is 7.63. The van der Waals surface area contributed by atoms with Gasteiger partial charge in [0.2, 0.25) is 5.13 Å². The third-order valence-corrected chi connectivity index (χ3v) is 9.74.